The third-order valence-electron chi connectivity index (χ3n) is 9.98. The predicted octanol–water partition coefficient (Wildman–Crippen LogP) is 12.3. The molecule has 7 aromatic rings. The zero-order valence-electron chi connectivity index (χ0n) is 24.8. The van der Waals surface area contributed by atoms with E-state index in [1.54, 1.807) is 0 Å². The lowest BCUT2D eigenvalue weighted by molar-refractivity contribution is 0.667. The second kappa shape index (κ2) is 9.26. The summed E-state index contributed by atoms with van der Waals surface area (Å²) in [4.78, 5) is 7.55. The fourth-order valence-electron chi connectivity index (χ4n) is 7.96. The van der Waals surface area contributed by atoms with Gasteiger partial charge in [0.15, 0.2) is 11.4 Å². The molecule has 9 rings (SSSR count). The van der Waals surface area contributed by atoms with Gasteiger partial charge in [0.2, 0.25) is 0 Å². The minimum atomic E-state index is -0.0668. The summed E-state index contributed by atoms with van der Waals surface area (Å²) in [6.07, 6.45) is 0. The van der Waals surface area contributed by atoms with Gasteiger partial charge < -0.3 is 0 Å². The van der Waals surface area contributed by atoms with Crippen molar-refractivity contribution in [2.24, 2.45) is 0 Å². The summed E-state index contributed by atoms with van der Waals surface area (Å²) in [6, 6.07) is 41.1. The SMILES string of the molecule is [C-]#[N+]c1ccc(C2c3ccccc3-c3cc([N+]#[C-])ccc32)c(-c2ccc3sc4c5c(ccc4c3c2)-c2ccccc2C5(C)C)c1. The minimum Gasteiger partial charge on any atom is -0.238 e. The van der Waals surface area contributed by atoms with Gasteiger partial charge in [-0.1, -0.05) is 105 Å². The highest BCUT2D eigenvalue weighted by Crippen LogP contribution is 2.55. The molecule has 0 spiro atoms. The molecule has 2 aliphatic rings. The first-order valence-electron chi connectivity index (χ1n) is 15.2. The van der Waals surface area contributed by atoms with E-state index in [2.05, 4.69) is 121 Å². The molecule has 2 nitrogen and oxygen atoms in total. The van der Waals surface area contributed by atoms with Gasteiger partial charge >= 0.3 is 0 Å². The molecule has 1 aromatic heterocycles. The average molecular weight is 591 g/mol. The van der Waals surface area contributed by atoms with Crippen LogP contribution < -0.4 is 0 Å². The Bertz CT molecular complexity index is 2500. The Morgan fingerprint density at radius 3 is 2.02 bits per heavy atom. The molecule has 0 bridgehead atoms. The Hall–Kier alpha value is -5.48. The van der Waals surface area contributed by atoms with Crippen LogP contribution in [0.15, 0.2) is 115 Å². The topological polar surface area (TPSA) is 8.72 Å². The quantitative estimate of drug-likeness (QED) is 0.177. The third-order valence-corrected chi connectivity index (χ3v) is 11.2. The second-order valence-electron chi connectivity index (χ2n) is 12.6. The normalized spacial score (nSPS) is 15.2. The van der Waals surface area contributed by atoms with E-state index in [4.69, 9.17) is 13.1 Å². The lowest BCUT2D eigenvalue weighted by atomic mass is 9.82. The van der Waals surface area contributed by atoms with E-state index in [0.717, 1.165) is 16.7 Å². The molecule has 1 atom stereocenters. The number of fused-ring (bicyclic) bond motifs is 10. The van der Waals surface area contributed by atoms with Crippen LogP contribution in [0.4, 0.5) is 11.4 Å². The molecule has 210 valence electrons. The lowest BCUT2D eigenvalue weighted by Gasteiger charge is -2.22. The number of hydrogen-bond donors (Lipinski definition) is 0. The molecule has 0 aliphatic heterocycles. The van der Waals surface area contributed by atoms with Crippen molar-refractivity contribution in [3.05, 3.63) is 166 Å². The molecular weight excluding hydrogens is 565 g/mol. The average Bonchev–Trinajstić information content (AvgIpc) is 3.69. The van der Waals surface area contributed by atoms with E-state index in [0.29, 0.717) is 11.4 Å². The molecular formula is C42H26N2S. The van der Waals surface area contributed by atoms with Crippen molar-refractivity contribution in [1.29, 1.82) is 0 Å². The molecule has 3 heteroatoms. The van der Waals surface area contributed by atoms with Gasteiger partial charge in [-0.15, -0.1) is 11.3 Å². The highest BCUT2D eigenvalue weighted by atomic mass is 32.1. The summed E-state index contributed by atoms with van der Waals surface area (Å²) >= 11 is 1.89. The van der Waals surface area contributed by atoms with Crippen LogP contribution in [-0.4, -0.2) is 0 Å². The zero-order valence-corrected chi connectivity index (χ0v) is 25.7. The molecule has 0 radical (unpaired) electrons. The standard InChI is InChI=1S/C42H26N2S/c1-42(2)37-12-8-7-10-28(37)32-18-19-33-36-21-24(13-20-38(36)45-41(33)40(32)42)34-22-25(43-3)14-16-30(34)39-29-11-6-5-9-27(29)35-23-26(44-4)15-17-31(35)39/h5-23,39H,1-2H3. The summed E-state index contributed by atoms with van der Waals surface area (Å²) in [6.45, 7) is 20.1. The fourth-order valence-corrected chi connectivity index (χ4v) is 9.35. The van der Waals surface area contributed by atoms with Crippen LogP contribution in [0.1, 0.15) is 47.6 Å². The predicted molar refractivity (Wildman–Crippen MR) is 188 cm³/mol. The van der Waals surface area contributed by atoms with E-state index >= 15 is 0 Å². The van der Waals surface area contributed by atoms with E-state index in [-0.39, 0.29) is 11.3 Å². The van der Waals surface area contributed by atoms with Crippen molar-refractivity contribution in [1.82, 2.24) is 0 Å². The van der Waals surface area contributed by atoms with Crippen molar-refractivity contribution < 1.29 is 0 Å². The van der Waals surface area contributed by atoms with Crippen LogP contribution in [0.2, 0.25) is 0 Å². The molecule has 45 heavy (non-hydrogen) atoms. The zero-order chi connectivity index (χ0) is 30.4. The molecule has 0 saturated heterocycles. The van der Waals surface area contributed by atoms with Gasteiger partial charge in [-0.2, -0.15) is 0 Å². The van der Waals surface area contributed by atoms with E-state index in [9.17, 15) is 0 Å². The Labute approximate surface area is 266 Å². The number of rotatable bonds is 2. The van der Waals surface area contributed by atoms with Crippen LogP contribution >= 0.6 is 11.3 Å². The maximum Gasteiger partial charge on any atom is 0.187 e. The molecule has 1 heterocycles. The summed E-state index contributed by atoms with van der Waals surface area (Å²) in [5, 5.41) is 2.55. The Balaban J connectivity index is 1.27. The summed E-state index contributed by atoms with van der Waals surface area (Å²) < 4.78 is 2.64. The van der Waals surface area contributed by atoms with Crippen molar-refractivity contribution in [2.75, 3.05) is 0 Å². The van der Waals surface area contributed by atoms with Crippen LogP contribution in [0.5, 0.6) is 0 Å². The highest BCUT2D eigenvalue weighted by molar-refractivity contribution is 7.26. The first kappa shape index (κ1) is 26.0. The summed E-state index contributed by atoms with van der Waals surface area (Å²) in [5.74, 6) is 0.0169. The first-order valence-corrected chi connectivity index (χ1v) is 16.0. The monoisotopic (exact) mass is 590 g/mol. The second-order valence-corrected chi connectivity index (χ2v) is 13.7. The fraction of sp³-hybridized carbons (Fsp3) is 0.0952. The van der Waals surface area contributed by atoms with Crippen molar-refractivity contribution in [3.8, 4) is 33.4 Å². The molecule has 0 amide bonds. The summed E-state index contributed by atoms with van der Waals surface area (Å²) in [5.41, 5.74) is 14.9. The molecule has 0 fully saturated rings. The maximum absolute atomic E-state index is 7.84. The van der Waals surface area contributed by atoms with Crippen molar-refractivity contribution >= 4 is 42.9 Å². The van der Waals surface area contributed by atoms with E-state index in [1.807, 2.05) is 29.5 Å². The number of thiophene rings is 1. The number of nitrogens with zero attached hydrogens (tertiary/aromatic N) is 2. The lowest BCUT2D eigenvalue weighted by Crippen LogP contribution is -2.14. The maximum atomic E-state index is 7.84. The van der Waals surface area contributed by atoms with Gasteiger partial charge in [-0.05, 0) is 85.5 Å². The third kappa shape index (κ3) is 3.54. The van der Waals surface area contributed by atoms with Crippen LogP contribution in [0, 0.1) is 13.1 Å². The van der Waals surface area contributed by atoms with Crippen molar-refractivity contribution in [2.45, 2.75) is 25.2 Å². The van der Waals surface area contributed by atoms with Gasteiger partial charge in [0.25, 0.3) is 0 Å². The van der Waals surface area contributed by atoms with E-state index in [1.165, 1.54) is 64.7 Å². The number of benzene rings is 6. The summed E-state index contributed by atoms with van der Waals surface area (Å²) in [7, 11) is 0. The van der Waals surface area contributed by atoms with Gasteiger partial charge in [-0.25, -0.2) is 9.69 Å². The Morgan fingerprint density at radius 2 is 1.24 bits per heavy atom. The molecule has 0 saturated carbocycles. The Morgan fingerprint density at radius 1 is 0.578 bits per heavy atom. The van der Waals surface area contributed by atoms with Crippen LogP contribution in [0.25, 0.3) is 63.2 Å². The smallest absolute Gasteiger partial charge is 0.187 e. The van der Waals surface area contributed by atoms with Crippen LogP contribution in [0.3, 0.4) is 0 Å². The molecule has 2 aliphatic carbocycles. The van der Waals surface area contributed by atoms with Gasteiger partial charge in [0.1, 0.15) is 0 Å². The minimum absolute atomic E-state index is 0.0169. The van der Waals surface area contributed by atoms with Gasteiger partial charge in [0.05, 0.1) is 13.1 Å². The highest BCUT2D eigenvalue weighted by Gasteiger charge is 2.37. The van der Waals surface area contributed by atoms with E-state index < -0.39 is 0 Å². The van der Waals surface area contributed by atoms with Gasteiger partial charge in [-0.3, -0.25) is 0 Å². The van der Waals surface area contributed by atoms with Crippen LogP contribution in [-0.2, 0) is 5.41 Å². The molecule has 1 unspecified atom stereocenters. The molecule has 6 aromatic carbocycles. The Kier molecular flexibility index (Phi) is 5.34. The van der Waals surface area contributed by atoms with Crippen molar-refractivity contribution in [3.63, 3.8) is 0 Å². The first-order chi connectivity index (χ1) is 22.0. The largest absolute Gasteiger partial charge is 0.238 e. The van der Waals surface area contributed by atoms with Gasteiger partial charge in [0, 0.05) is 31.5 Å². The number of hydrogen-bond acceptors (Lipinski definition) is 1. The molecule has 0 N–H and O–H groups in total.